The van der Waals surface area contributed by atoms with E-state index in [4.69, 9.17) is 11.5 Å². The maximum Gasteiger partial charge on any atom is 0.0540 e. The lowest BCUT2D eigenvalue weighted by molar-refractivity contribution is 0.0308. The van der Waals surface area contributed by atoms with Gasteiger partial charge in [-0.3, -0.25) is 4.90 Å². The van der Waals surface area contributed by atoms with Gasteiger partial charge in [0.2, 0.25) is 0 Å². The zero-order valence-corrected chi connectivity index (χ0v) is 20.2. The summed E-state index contributed by atoms with van der Waals surface area (Å²) in [6.45, 7) is 10.1. The Balaban J connectivity index is 2.47. The molecular weight excluding hydrogens is 382 g/mol. The fraction of sp³-hybridized carbons (Fsp3) is 0.538. The van der Waals surface area contributed by atoms with E-state index in [9.17, 15) is 0 Å². The molecule has 0 amide bonds. The second kappa shape index (κ2) is 12.2. The van der Waals surface area contributed by atoms with Crippen molar-refractivity contribution in [1.29, 1.82) is 0 Å². The van der Waals surface area contributed by atoms with Crippen molar-refractivity contribution in [2.75, 3.05) is 45.2 Å². The molecule has 0 aliphatic heterocycles. The van der Waals surface area contributed by atoms with E-state index in [1.54, 1.807) is 0 Å². The standard InChI is InChI=1S/C26H43N5/c1-6-24(27)26(30(7-2)8-3,25(28)21-29(4)5)19-20-31(22-15-11-9-12-16-22)23-17-13-10-14-18-23/h9-18,24-25H,6-8,19-21,27-28H2,1-5H3. The van der Waals surface area contributed by atoms with Crippen LogP contribution in [0.25, 0.3) is 0 Å². The summed E-state index contributed by atoms with van der Waals surface area (Å²) in [6, 6.07) is 21.1. The highest BCUT2D eigenvalue weighted by molar-refractivity contribution is 5.62. The molecule has 5 heteroatoms. The Bertz CT molecular complexity index is 692. The Kier molecular flexibility index (Phi) is 9.97. The van der Waals surface area contributed by atoms with E-state index in [0.717, 1.165) is 39.0 Å². The number of anilines is 2. The minimum Gasteiger partial charge on any atom is -0.341 e. The van der Waals surface area contributed by atoms with Gasteiger partial charge in [-0.15, -0.1) is 0 Å². The van der Waals surface area contributed by atoms with E-state index < -0.39 is 0 Å². The predicted octanol–water partition coefficient (Wildman–Crippen LogP) is 3.92. The lowest BCUT2D eigenvalue weighted by atomic mass is 9.76. The van der Waals surface area contributed by atoms with E-state index in [1.165, 1.54) is 11.4 Å². The van der Waals surface area contributed by atoms with E-state index >= 15 is 0 Å². The van der Waals surface area contributed by atoms with Crippen LogP contribution in [-0.4, -0.2) is 67.7 Å². The average molecular weight is 426 g/mol. The summed E-state index contributed by atoms with van der Waals surface area (Å²) >= 11 is 0. The van der Waals surface area contributed by atoms with Crippen LogP contribution in [0.4, 0.5) is 11.4 Å². The van der Waals surface area contributed by atoms with Crippen molar-refractivity contribution in [2.24, 2.45) is 11.5 Å². The fourth-order valence-electron chi connectivity index (χ4n) is 4.90. The highest BCUT2D eigenvalue weighted by Gasteiger charge is 2.45. The molecule has 0 spiro atoms. The second-order valence-corrected chi connectivity index (χ2v) is 8.62. The molecule has 0 fully saturated rings. The quantitative estimate of drug-likeness (QED) is 0.509. The summed E-state index contributed by atoms with van der Waals surface area (Å²) in [7, 11) is 4.18. The summed E-state index contributed by atoms with van der Waals surface area (Å²) in [5, 5.41) is 0. The van der Waals surface area contributed by atoms with Gasteiger partial charge >= 0.3 is 0 Å². The molecule has 0 aliphatic carbocycles. The van der Waals surface area contributed by atoms with Crippen molar-refractivity contribution in [2.45, 2.75) is 51.2 Å². The first kappa shape index (κ1) is 25.3. The second-order valence-electron chi connectivity index (χ2n) is 8.62. The summed E-state index contributed by atoms with van der Waals surface area (Å²) in [5.74, 6) is 0. The Hall–Kier alpha value is -1.92. The van der Waals surface area contributed by atoms with E-state index in [1.807, 2.05) is 0 Å². The number of likely N-dealkylation sites (N-methyl/N-ethyl adjacent to an activating group) is 2. The first-order chi connectivity index (χ1) is 14.9. The molecule has 0 bridgehead atoms. The number of para-hydroxylation sites is 2. The van der Waals surface area contributed by atoms with Crippen LogP contribution in [0.15, 0.2) is 60.7 Å². The van der Waals surface area contributed by atoms with Gasteiger partial charge in [0.25, 0.3) is 0 Å². The molecule has 3 unspecified atom stereocenters. The SMILES string of the molecule is CCC(N)C(CCN(c1ccccc1)c1ccccc1)(C(N)CN(C)C)N(CC)CC. The van der Waals surface area contributed by atoms with Crippen LogP contribution < -0.4 is 16.4 Å². The molecule has 2 aromatic carbocycles. The molecule has 0 aromatic heterocycles. The number of rotatable bonds is 13. The molecule has 0 saturated carbocycles. The van der Waals surface area contributed by atoms with Crippen LogP contribution in [-0.2, 0) is 0 Å². The third kappa shape index (κ3) is 6.07. The molecule has 0 radical (unpaired) electrons. The minimum absolute atomic E-state index is 0.00394. The molecule has 172 valence electrons. The van der Waals surface area contributed by atoms with Gasteiger partial charge in [-0.1, -0.05) is 57.2 Å². The number of hydrogen-bond donors (Lipinski definition) is 2. The maximum absolute atomic E-state index is 6.96. The zero-order chi connectivity index (χ0) is 22.9. The van der Waals surface area contributed by atoms with Crippen LogP contribution in [0, 0.1) is 0 Å². The first-order valence-corrected chi connectivity index (χ1v) is 11.7. The van der Waals surface area contributed by atoms with Gasteiger partial charge in [-0.05, 0) is 64.3 Å². The van der Waals surface area contributed by atoms with Gasteiger partial charge < -0.3 is 21.3 Å². The van der Waals surface area contributed by atoms with Gasteiger partial charge in [0.05, 0.1) is 5.54 Å². The third-order valence-electron chi connectivity index (χ3n) is 6.51. The molecule has 2 rings (SSSR count). The average Bonchev–Trinajstić information content (AvgIpc) is 2.79. The lowest BCUT2D eigenvalue weighted by Gasteiger charge is -2.52. The number of nitrogens with zero attached hydrogens (tertiary/aromatic N) is 3. The van der Waals surface area contributed by atoms with Gasteiger partial charge in [0.15, 0.2) is 0 Å². The van der Waals surface area contributed by atoms with Crippen LogP contribution >= 0.6 is 0 Å². The largest absolute Gasteiger partial charge is 0.341 e. The van der Waals surface area contributed by atoms with Gasteiger partial charge in [-0.2, -0.15) is 0 Å². The van der Waals surface area contributed by atoms with Crippen LogP contribution in [0.2, 0.25) is 0 Å². The molecule has 5 nitrogen and oxygen atoms in total. The Morgan fingerprint density at radius 1 is 0.774 bits per heavy atom. The first-order valence-electron chi connectivity index (χ1n) is 11.7. The van der Waals surface area contributed by atoms with E-state index in [-0.39, 0.29) is 17.6 Å². The zero-order valence-electron chi connectivity index (χ0n) is 20.2. The Labute approximate surface area is 190 Å². The van der Waals surface area contributed by atoms with Gasteiger partial charge in [0, 0.05) is 36.5 Å². The van der Waals surface area contributed by atoms with Crippen molar-refractivity contribution in [3.05, 3.63) is 60.7 Å². The van der Waals surface area contributed by atoms with Crippen LogP contribution in [0.3, 0.4) is 0 Å². The molecule has 0 heterocycles. The van der Waals surface area contributed by atoms with Gasteiger partial charge in [-0.25, -0.2) is 0 Å². The molecule has 0 saturated heterocycles. The predicted molar refractivity (Wildman–Crippen MR) is 135 cm³/mol. The van der Waals surface area contributed by atoms with E-state index in [0.29, 0.717) is 0 Å². The summed E-state index contributed by atoms with van der Waals surface area (Å²) < 4.78 is 0. The smallest absolute Gasteiger partial charge is 0.0540 e. The summed E-state index contributed by atoms with van der Waals surface area (Å²) in [6.07, 6.45) is 1.79. The molecule has 4 N–H and O–H groups in total. The molecule has 0 aliphatic rings. The van der Waals surface area contributed by atoms with E-state index in [2.05, 4.69) is 110 Å². The van der Waals surface area contributed by atoms with Crippen molar-refractivity contribution < 1.29 is 0 Å². The summed E-state index contributed by atoms with van der Waals surface area (Å²) in [5.41, 5.74) is 15.9. The highest BCUT2D eigenvalue weighted by Crippen LogP contribution is 2.32. The van der Waals surface area contributed by atoms with Crippen molar-refractivity contribution in [3.63, 3.8) is 0 Å². The Morgan fingerprint density at radius 2 is 1.26 bits per heavy atom. The molecular formula is C26H43N5. The van der Waals surface area contributed by atoms with Crippen LogP contribution in [0.5, 0.6) is 0 Å². The minimum atomic E-state index is -0.287. The number of hydrogen-bond acceptors (Lipinski definition) is 5. The van der Waals surface area contributed by atoms with Crippen molar-refractivity contribution in [1.82, 2.24) is 9.80 Å². The van der Waals surface area contributed by atoms with Crippen LogP contribution in [0.1, 0.15) is 33.6 Å². The number of benzene rings is 2. The lowest BCUT2D eigenvalue weighted by Crippen LogP contribution is -2.71. The van der Waals surface area contributed by atoms with Crippen molar-refractivity contribution >= 4 is 11.4 Å². The maximum atomic E-state index is 6.96. The highest BCUT2D eigenvalue weighted by atomic mass is 15.3. The van der Waals surface area contributed by atoms with Crippen molar-refractivity contribution in [3.8, 4) is 0 Å². The molecule has 3 atom stereocenters. The molecule has 31 heavy (non-hydrogen) atoms. The Morgan fingerprint density at radius 3 is 1.65 bits per heavy atom. The third-order valence-corrected chi connectivity index (χ3v) is 6.51. The molecule has 2 aromatic rings. The fourth-order valence-corrected chi connectivity index (χ4v) is 4.90. The van der Waals surface area contributed by atoms with Gasteiger partial charge in [0.1, 0.15) is 0 Å². The monoisotopic (exact) mass is 425 g/mol. The number of nitrogens with two attached hydrogens (primary N) is 2. The normalized spacial score (nSPS) is 15.6. The summed E-state index contributed by atoms with van der Waals surface area (Å²) in [4.78, 5) is 7.07. The topological polar surface area (TPSA) is 61.8 Å².